The van der Waals surface area contributed by atoms with Gasteiger partial charge in [0, 0.05) is 18.3 Å². The Morgan fingerprint density at radius 1 is 1.29 bits per heavy atom. The van der Waals surface area contributed by atoms with E-state index in [0.717, 1.165) is 17.8 Å². The summed E-state index contributed by atoms with van der Waals surface area (Å²) in [5, 5.41) is 13.4. The molecule has 0 atom stereocenters. The number of thiophene rings is 1. The van der Waals surface area contributed by atoms with E-state index in [2.05, 4.69) is 24.1 Å². The molecule has 1 rings (SSSR count). The maximum Gasteiger partial charge on any atom is 0.252 e. The lowest BCUT2D eigenvalue weighted by Crippen LogP contribution is -2.23. The van der Waals surface area contributed by atoms with Gasteiger partial charge in [0.1, 0.15) is 0 Å². The zero-order valence-electron chi connectivity index (χ0n) is 12.8. The number of hydrogen-bond donors (Lipinski definition) is 2. The highest BCUT2D eigenvalue weighted by atomic mass is 32.1. The molecule has 2 N–H and O–H groups in total. The minimum absolute atomic E-state index is 0.0185. The standard InChI is InChI=1S/C17H25NO2S/c1-2-3-4-5-6-8-11-18-17(20)15-13-16(21-14-15)10-7-9-12-19/h13-14,19H,2-6,8-9,11-12H2,1H3,(H,18,20). The number of hydrogen-bond acceptors (Lipinski definition) is 3. The molecule has 116 valence electrons. The smallest absolute Gasteiger partial charge is 0.252 e. The lowest BCUT2D eigenvalue weighted by Gasteiger charge is -2.03. The predicted molar refractivity (Wildman–Crippen MR) is 88.6 cm³/mol. The van der Waals surface area contributed by atoms with Crippen LogP contribution in [0.4, 0.5) is 0 Å². The Labute approximate surface area is 131 Å². The van der Waals surface area contributed by atoms with E-state index in [4.69, 9.17) is 5.11 Å². The van der Waals surface area contributed by atoms with Gasteiger partial charge in [-0.15, -0.1) is 11.3 Å². The maximum atomic E-state index is 11.9. The molecule has 0 radical (unpaired) electrons. The molecule has 0 aromatic carbocycles. The van der Waals surface area contributed by atoms with Crippen LogP contribution in [0.3, 0.4) is 0 Å². The summed E-state index contributed by atoms with van der Waals surface area (Å²) in [6, 6.07) is 1.81. The summed E-state index contributed by atoms with van der Waals surface area (Å²) in [5.41, 5.74) is 0.680. The Hall–Kier alpha value is -1.31. The summed E-state index contributed by atoms with van der Waals surface area (Å²) in [6.07, 6.45) is 7.82. The van der Waals surface area contributed by atoms with Crippen LogP contribution in [0.1, 0.15) is 67.1 Å². The second kappa shape index (κ2) is 11.4. The summed E-state index contributed by atoms with van der Waals surface area (Å²) in [5.74, 6) is 5.79. The molecule has 0 aliphatic heterocycles. The van der Waals surface area contributed by atoms with Gasteiger partial charge < -0.3 is 10.4 Å². The number of aliphatic hydroxyl groups excluding tert-OH is 1. The zero-order valence-corrected chi connectivity index (χ0v) is 13.6. The van der Waals surface area contributed by atoms with Crippen molar-refractivity contribution >= 4 is 17.2 Å². The van der Waals surface area contributed by atoms with Crippen LogP contribution in [0.25, 0.3) is 0 Å². The molecule has 1 amide bonds. The fourth-order valence-corrected chi connectivity index (χ4v) is 2.69. The third-order valence-electron chi connectivity index (χ3n) is 3.13. The molecule has 0 bridgehead atoms. The van der Waals surface area contributed by atoms with Gasteiger partial charge in [-0.25, -0.2) is 0 Å². The first-order valence-corrected chi connectivity index (χ1v) is 8.62. The van der Waals surface area contributed by atoms with Gasteiger partial charge in [0.15, 0.2) is 0 Å². The van der Waals surface area contributed by atoms with Crippen LogP contribution in [0.15, 0.2) is 11.4 Å². The lowest BCUT2D eigenvalue weighted by atomic mass is 10.1. The first kappa shape index (κ1) is 17.7. The minimum Gasteiger partial charge on any atom is -0.395 e. The molecule has 0 saturated heterocycles. The van der Waals surface area contributed by atoms with E-state index in [9.17, 15) is 4.79 Å². The quantitative estimate of drug-likeness (QED) is 0.541. The van der Waals surface area contributed by atoms with Crippen LogP contribution >= 0.6 is 11.3 Å². The van der Waals surface area contributed by atoms with Gasteiger partial charge in [0.2, 0.25) is 0 Å². The number of rotatable bonds is 9. The summed E-state index contributed by atoms with van der Waals surface area (Å²) >= 11 is 1.47. The summed E-state index contributed by atoms with van der Waals surface area (Å²) in [7, 11) is 0. The van der Waals surface area contributed by atoms with E-state index in [1.165, 1.54) is 43.4 Å². The van der Waals surface area contributed by atoms with Crippen LogP contribution in [0.5, 0.6) is 0 Å². The number of nitrogens with one attached hydrogen (secondary N) is 1. The van der Waals surface area contributed by atoms with Crippen LogP contribution < -0.4 is 5.32 Å². The Balaban J connectivity index is 2.22. The summed E-state index contributed by atoms with van der Waals surface area (Å²) in [4.78, 5) is 12.8. The zero-order chi connectivity index (χ0) is 15.3. The highest BCUT2D eigenvalue weighted by Crippen LogP contribution is 2.13. The molecule has 0 unspecified atom stereocenters. The van der Waals surface area contributed by atoms with Crippen molar-refractivity contribution in [1.82, 2.24) is 5.32 Å². The van der Waals surface area contributed by atoms with E-state index < -0.39 is 0 Å². The largest absolute Gasteiger partial charge is 0.395 e. The molecule has 0 aliphatic rings. The molecule has 21 heavy (non-hydrogen) atoms. The van der Waals surface area contributed by atoms with E-state index >= 15 is 0 Å². The minimum atomic E-state index is -0.0185. The lowest BCUT2D eigenvalue weighted by molar-refractivity contribution is 0.0953. The highest BCUT2D eigenvalue weighted by molar-refractivity contribution is 7.10. The SMILES string of the molecule is CCCCCCCCNC(=O)c1csc(C#CCCO)c1. The number of carbonyl (C=O) groups is 1. The average molecular weight is 307 g/mol. The molecular formula is C17H25NO2S. The fourth-order valence-electron chi connectivity index (χ4n) is 1.94. The van der Waals surface area contributed by atoms with E-state index in [1.807, 2.05) is 11.4 Å². The number of carbonyl (C=O) groups excluding carboxylic acids is 1. The normalized spacial score (nSPS) is 10.0. The van der Waals surface area contributed by atoms with Gasteiger partial charge in [0.25, 0.3) is 5.91 Å². The first-order valence-electron chi connectivity index (χ1n) is 7.74. The molecule has 0 saturated carbocycles. The van der Waals surface area contributed by atoms with Crippen molar-refractivity contribution in [3.8, 4) is 11.8 Å². The van der Waals surface area contributed by atoms with Gasteiger partial charge in [-0.1, -0.05) is 50.9 Å². The second-order valence-corrected chi connectivity index (χ2v) is 5.91. The summed E-state index contributed by atoms with van der Waals surface area (Å²) < 4.78 is 0. The summed E-state index contributed by atoms with van der Waals surface area (Å²) in [6.45, 7) is 3.03. The van der Waals surface area contributed by atoms with Crippen molar-refractivity contribution in [2.75, 3.05) is 13.2 Å². The van der Waals surface area contributed by atoms with Gasteiger partial charge in [-0.2, -0.15) is 0 Å². The number of amides is 1. The number of aliphatic hydroxyl groups is 1. The van der Waals surface area contributed by atoms with Gasteiger partial charge in [0.05, 0.1) is 17.0 Å². The first-order chi connectivity index (χ1) is 10.3. The van der Waals surface area contributed by atoms with Gasteiger partial charge in [-0.05, 0) is 12.5 Å². The molecule has 0 fully saturated rings. The molecule has 0 aliphatic carbocycles. The average Bonchev–Trinajstić information content (AvgIpc) is 2.95. The van der Waals surface area contributed by atoms with Crippen LogP contribution in [-0.2, 0) is 0 Å². The van der Waals surface area contributed by atoms with Crippen LogP contribution in [0, 0.1) is 11.8 Å². The van der Waals surface area contributed by atoms with Crippen molar-refractivity contribution in [3.63, 3.8) is 0 Å². The van der Waals surface area contributed by atoms with Crippen molar-refractivity contribution in [2.24, 2.45) is 0 Å². The third-order valence-corrected chi connectivity index (χ3v) is 3.97. The van der Waals surface area contributed by atoms with Crippen LogP contribution in [0.2, 0.25) is 0 Å². The van der Waals surface area contributed by atoms with Crippen LogP contribution in [-0.4, -0.2) is 24.2 Å². The van der Waals surface area contributed by atoms with E-state index in [1.54, 1.807) is 0 Å². The van der Waals surface area contributed by atoms with E-state index in [-0.39, 0.29) is 12.5 Å². The Kier molecular flexibility index (Phi) is 9.60. The topological polar surface area (TPSA) is 49.3 Å². The van der Waals surface area contributed by atoms with Gasteiger partial charge >= 0.3 is 0 Å². The van der Waals surface area contributed by atoms with Crippen molar-refractivity contribution < 1.29 is 9.90 Å². The molecule has 1 aromatic heterocycles. The monoisotopic (exact) mass is 307 g/mol. The molecule has 1 aromatic rings. The molecular weight excluding hydrogens is 282 g/mol. The predicted octanol–water partition coefficient (Wildman–Crippen LogP) is 3.57. The van der Waals surface area contributed by atoms with E-state index in [0.29, 0.717) is 12.0 Å². The maximum absolute atomic E-state index is 11.9. The molecule has 1 heterocycles. The molecule has 3 nitrogen and oxygen atoms in total. The molecule has 4 heteroatoms. The molecule has 0 spiro atoms. The highest BCUT2D eigenvalue weighted by Gasteiger charge is 2.06. The second-order valence-electron chi connectivity index (χ2n) is 5.00. The Morgan fingerprint density at radius 3 is 2.81 bits per heavy atom. The fraction of sp³-hybridized carbons (Fsp3) is 0.588. The Bertz CT molecular complexity index is 471. The number of unbranched alkanes of at least 4 members (excludes halogenated alkanes) is 5. The van der Waals surface area contributed by atoms with Crippen molar-refractivity contribution in [3.05, 3.63) is 21.9 Å². The Morgan fingerprint density at radius 2 is 2.05 bits per heavy atom. The third kappa shape index (κ3) is 7.89. The van der Waals surface area contributed by atoms with Gasteiger partial charge in [-0.3, -0.25) is 4.79 Å². The van der Waals surface area contributed by atoms with Crippen molar-refractivity contribution in [2.45, 2.75) is 51.9 Å². The van der Waals surface area contributed by atoms with Crippen molar-refractivity contribution in [1.29, 1.82) is 0 Å².